The molecule has 0 atom stereocenters. The molecule has 0 fully saturated rings. The third kappa shape index (κ3) is 3.91. The minimum atomic E-state index is -0.179. The number of methoxy groups -OCH3 is 1. The minimum absolute atomic E-state index is 0.179. The Balaban J connectivity index is 1.55. The van der Waals surface area contributed by atoms with Crippen molar-refractivity contribution in [3.8, 4) is 17.1 Å². The van der Waals surface area contributed by atoms with Crippen molar-refractivity contribution in [3.05, 3.63) is 72.3 Å². The predicted molar refractivity (Wildman–Crippen MR) is 117 cm³/mol. The summed E-state index contributed by atoms with van der Waals surface area (Å²) in [5, 5.41) is 2.92. The molecule has 3 aromatic carbocycles. The number of nitrogens with zero attached hydrogens (tertiary/aromatic N) is 2. The first-order chi connectivity index (χ1) is 14.0. The number of hydrogen-bond donors (Lipinski definition) is 2. The first-order valence-corrected chi connectivity index (χ1v) is 9.26. The molecule has 0 aliphatic heterocycles. The molecule has 4 aromatic rings. The van der Waals surface area contributed by atoms with Crippen LogP contribution in [0.4, 0.5) is 11.4 Å². The van der Waals surface area contributed by atoms with Gasteiger partial charge in [-0.25, -0.2) is 4.98 Å². The second-order valence-electron chi connectivity index (χ2n) is 6.94. The van der Waals surface area contributed by atoms with Crippen LogP contribution in [-0.4, -0.2) is 37.1 Å². The summed E-state index contributed by atoms with van der Waals surface area (Å²) in [6.45, 7) is 0. The van der Waals surface area contributed by atoms with E-state index in [1.165, 1.54) is 0 Å². The Labute approximate surface area is 169 Å². The standard InChI is InChI=1S/C23H22N4O2/c1-27(2)18-9-4-15(5-10-18)22-25-20-13-8-17(14-21(20)26-22)24-23(28)16-6-11-19(29-3)12-7-16/h4-14H,1-3H3,(H,24,28)(H,25,26). The molecule has 0 radical (unpaired) electrons. The largest absolute Gasteiger partial charge is 0.497 e. The van der Waals surface area contributed by atoms with Gasteiger partial charge in [-0.15, -0.1) is 0 Å². The van der Waals surface area contributed by atoms with Crippen molar-refractivity contribution < 1.29 is 9.53 Å². The summed E-state index contributed by atoms with van der Waals surface area (Å²) in [5.41, 5.74) is 5.11. The molecule has 2 N–H and O–H groups in total. The smallest absolute Gasteiger partial charge is 0.255 e. The van der Waals surface area contributed by atoms with Gasteiger partial charge in [0.05, 0.1) is 18.1 Å². The SMILES string of the molecule is COc1ccc(C(=O)Nc2ccc3[nH]c(-c4ccc(N(C)C)cc4)nc3c2)cc1. The Kier molecular flexibility index (Phi) is 4.91. The van der Waals surface area contributed by atoms with Crippen LogP contribution in [0.15, 0.2) is 66.7 Å². The van der Waals surface area contributed by atoms with Crippen LogP contribution in [0.2, 0.25) is 0 Å². The maximum absolute atomic E-state index is 12.5. The number of aromatic nitrogens is 2. The number of aromatic amines is 1. The van der Waals surface area contributed by atoms with Crippen molar-refractivity contribution >= 4 is 28.3 Å². The lowest BCUT2D eigenvalue weighted by Gasteiger charge is -2.11. The molecule has 1 aromatic heterocycles. The van der Waals surface area contributed by atoms with Gasteiger partial charge in [-0.3, -0.25) is 4.79 Å². The van der Waals surface area contributed by atoms with Crippen LogP contribution in [0.3, 0.4) is 0 Å². The average molecular weight is 386 g/mol. The zero-order valence-electron chi connectivity index (χ0n) is 16.6. The normalized spacial score (nSPS) is 10.7. The molecule has 0 saturated carbocycles. The molecule has 0 bridgehead atoms. The van der Waals surface area contributed by atoms with Crippen LogP contribution in [0.1, 0.15) is 10.4 Å². The summed E-state index contributed by atoms with van der Waals surface area (Å²) in [5.74, 6) is 1.33. The Bertz CT molecular complexity index is 1150. The van der Waals surface area contributed by atoms with Gasteiger partial charge < -0.3 is 19.9 Å². The highest BCUT2D eigenvalue weighted by molar-refractivity contribution is 6.05. The lowest BCUT2D eigenvalue weighted by atomic mass is 10.2. The van der Waals surface area contributed by atoms with Crippen LogP contribution in [0.25, 0.3) is 22.4 Å². The molecule has 0 spiro atoms. The van der Waals surface area contributed by atoms with Crippen molar-refractivity contribution in [2.75, 3.05) is 31.4 Å². The Morgan fingerprint density at radius 1 is 1.00 bits per heavy atom. The third-order valence-corrected chi connectivity index (χ3v) is 4.75. The summed E-state index contributed by atoms with van der Waals surface area (Å²) >= 11 is 0. The fourth-order valence-electron chi connectivity index (χ4n) is 3.08. The predicted octanol–water partition coefficient (Wildman–Crippen LogP) is 4.56. The molecule has 6 heteroatoms. The molecule has 6 nitrogen and oxygen atoms in total. The van der Waals surface area contributed by atoms with E-state index in [1.54, 1.807) is 31.4 Å². The maximum Gasteiger partial charge on any atom is 0.255 e. The van der Waals surface area contributed by atoms with Crippen molar-refractivity contribution in [1.29, 1.82) is 0 Å². The van der Waals surface area contributed by atoms with Crippen LogP contribution in [0.5, 0.6) is 5.75 Å². The molecule has 0 aliphatic carbocycles. The quantitative estimate of drug-likeness (QED) is 0.528. The van der Waals surface area contributed by atoms with Gasteiger partial charge in [0.25, 0.3) is 5.91 Å². The topological polar surface area (TPSA) is 70.2 Å². The van der Waals surface area contributed by atoms with Crippen LogP contribution in [0, 0.1) is 0 Å². The number of ether oxygens (including phenoxy) is 1. The van der Waals surface area contributed by atoms with Crippen LogP contribution < -0.4 is 15.0 Å². The first kappa shape index (κ1) is 18.6. The van der Waals surface area contributed by atoms with E-state index in [2.05, 4.69) is 32.3 Å². The molecule has 0 unspecified atom stereocenters. The van der Waals surface area contributed by atoms with Crippen molar-refractivity contribution in [1.82, 2.24) is 9.97 Å². The van der Waals surface area contributed by atoms with Crippen molar-refractivity contribution in [3.63, 3.8) is 0 Å². The number of carbonyl (C=O) groups excluding carboxylic acids is 1. The fraction of sp³-hybridized carbons (Fsp3) is 0.130. The summed E-state index contributed by atoms with van der Waals surface area (Å²) < 4.78 is 5.13. The van der Waals surface area contributed by atoms with E-state index in [0.717, 1.165) is 28.1 Å². The lowest BCUT2D eigenvalue weighted by molar-refractivity contribution is 0.102. The molecular weight excluding hydrogens is 364 g/mol. The number of hydrogen-bond acceptors (Lipinski definition) is 4. The number of H-pyrrole nitrogens is 1. The summed E-state index contributed by atoms with van der Waals surface area (Å²) in [6.07, 6.45) is 0. The summed E-state index contributed by atoms with van der Waals surface area (Å²) in [4.78, 5) is 22.6. The van der Waals surface area contributed by atoms with E-state index in [9.17, 15) is 4.79 Å². The van der Waals surface area contributed by atoms with E-state index < -0.39 is 0 Å². The highest BCUT2D eigenvalue weighted by Crippen LogP contribution is 2.25. The number of carbonyl (C=O) groups is 1. The lowest BCUT2D eigenvalue weighted by Crippen LogP contribution is -2.11. The molecule has 1 heterocycles. The zero-order chi connectivity index (χ0) is 20.4. The Hall–Kier alpha value is -3.80. The second kappa shape index (κ2) is 7.67. The van der Waals surface area contributed by atoms with Crippen molar-refractivity contribution in [2.24, 2.45) is 0 Å². The molecule has 4 rings (SSSR count). The van der Waals surface area contributed by atoms with Gasteiger partial charge in [0.1, 0.15) is 11.6 Å². The average Bonchev–Trinajstić information content (AvgIpc) is 3.17. The van der Waals surface area contributed by atoms with E-state index >= 15 is 0 Å². The molecule has 0 saturated heterocycles. The molecular formula is C23H22N4O2. The Morgan fingerprint density at radius 2 is 1.72 bits per heavy atom. The van der Waals surface area contributed by atoms with E-state index in [-0.39, 0.29) is 5.91 Å². The highest BCUT2D eigenvalue weighted by atomic mass is 16.5. The highest BCUT2D eigenvalue weighted by Gasteiger charge is 2.10. The minimum Gasteiger partial charge on any atom is -0.497 e. The van der Waals surface area contributed by atoms with Gasteiger partial charge in [0.2, 0.25) is 0 Å². The van der Waals surface area contributed by atoms with E-state index in [4.69, 9.17) is 4.74 Å². The monoisotopic (exact) mass is 386 g/mol. The Morgan fingerprint density at radius 3 is 2.38 bits per heavy atom. The molecule has 29 heavy (non-hydrogen) atoms. The maximum atomic E-state index is 12.5. The molecule has 146 valence electrons. The number of amides is 1. The van der Waals surface area contributed by atoms with E-state index in [1.807, 2.05) is 44.4 Å². The first-order valence-electron chi connectivity index (χ1n) is 9.26. The zero-order valence-corrected chi connectivity index (χ0v) is 16.6. The molecule has 0 aliphatic rings. The molecule has 1 amide bonds. The second-order valence-corrected chi connectivity index (χ2v) is 6.94. The van der Waals surface area contributed by atoms with Crippen LogP contribution >= 0.6 is 0 Å². The number of rotatable bonds is 5. The van der Waals surface area contributed by atoms with Gasteiger partial charge in [0, 0.05) is 36.6 Å². The number of fused-ring (bicyclic) bond motifs is 1. The van der Waals surface area contributed by atoms with Gasteiger partial charge in [-0.05, 0) is 66.7 Å². The van der Waals surface area contributed by atoms with Gasteiger partial charge in [0.15, 0.2) is 0 Å². The summed E-state index contributed by atoms with van der Waals surface area (Å²) in [7, 11) is 5.62. The number of benzene rings is 3. The summed E-state index contributed by atoms with van der Waals surface area (Å²) in [6, 6.07) is 20.8. The van der Waals surface area contributed by atoms with Crippen molar-refractivity contribution in [2.45, 2.75) is 0 Å². The number of anilines is 2. The number of nitrogens with one attached hydrogen (secondary N) is 2. The number of imidazole rings is 1. The van der Waals surface area contributed by atoms with Gasteiger partial charge >= 0.3 is 0 Å². The van der Waals surface area contributed by atoms with Gasteiger partial charge in [-0.1, -0.05) is 0 Å². The van der Waals surface area contributed by atoms with Gasteiger partial charge in [-0.2, -0.15) is 0 Å². The van der Waals surface area contributed by atoms with E-state index in [0.29, 0.717) is 17.0 Å². The van der Waals surface area contributed by atoms with Crippen LogP contribution in [-0.2, 0) is 0 Å². The fourth-order valence-corrected chi connectivity index (χ4v) is 3.08. The third-order valence-electron chi connectivity index (χ3n) is 4.75.